The third kappa shape index (κ3) is 3.01. The van der Waals surface area contributed by atoms with E-state index in [9.17, 15) is 4.39 Å². The van der Waals surface area contributed by atoms with E-state index in [-0.39, 0.29) is 5.82 Å². The van der Waals surface area contributed by atoms with E-state index in [1.54, 1.807) is 23.0 Å². The average molecular weight is 377 g/mol. The van der Waals surface area contributed by atoms with E-state index in [4.69, 9.17) is 0 Å². The number of aryl methyl sites for hydroxylation is 1. The van der Waals surface area contributed by atoms with Gasteiger partial charge in [-0.3, -0.25) is 4.98 Å². The van der Waals surface area contributed by atoms with Crippen LogP contribution in [0.15, 0.2) is 43.0 Å². The number of aromatic nitrogens is 4. The Labute approximate surface area is 161 Å². The Kier molecular flexibility index (Phi) is 4.05. The van der Waals surface area contributed by atoms with Crippen LogP contribution in [-0.2, 0) is 0 Å². The Morgan fingerprint density at radius 1 is 1.14 bits per heavy atom. The van der Waals surface area contributed by atoms with Gasteiger partial charge in [-0.15, -0.1) is 0 Å². The van der Waals surface area contributed by atoms with Crippen molar-refractivity contribution in [3.63, 3.8) is 0 Å². The molecule has 4 aromatic heterocycles. The summed E-state index contributed by atoms with van der Waals surface area (Å²) in [5, 5.41) is 7.55. The number of hydrogen-bond donors (Lipinski definition) is 2. The SMILES string of the molecule is Cc1cn2cc(Nc3nccc4cc(N5CCNCC5)cnc34)cc(F)c2n1. The van der Waals surface area contributed by atoms with Gasteiger partial charge in [0.25, 0.3) is 0 Å². The fraction of sp³-hybridized carbons (Fsp3) is 0.250. The first-order valence-electron chi connectivity index (χ1n) is 9.30. The van der Waals surface area contributed by atoms with Gasteiger partial charge >= 0.3 is 0 Å². The van der Waals surface area contributed by atoms with Gasteiger partial charge in [0.15, 0.2) is 17.3 Å². The molecule has 0 atom stereocenters. The lowest BCUT2D eigenvalue weighted by atomic mass is 10.2. The van der Waals surface area contributed by atoms with Crippen LogP contribution in [0, 0.1) is 12.7 Å². The molecule has 2 N–H and O–H groups in total. The number of imidazole rings is 1. The highest BCUT2D eigenvalue weighted by atomic mass is 19.1. The molecule has 5 heterocycles. The smallest absolute Gasteiger partial charge is 0.173 e. The van der Waals surface area contributed by atoms with Crippen LogP contribution in [0.3, 0.4) is 0 Å². The molecule has 4 aromatic rings. The molecule has 0 aromatic carbocycles. The Hall–Kier alpha value is -3.26. The van der Waals surface area contributed by atoms with Crippen LogP contribution in [0.1, 0.15) is 5.69 Å². The van der Waals surface area contributed by atoms with Crippen molar-refractivity contribution in [1.82, 2.24) is 24.7 Å². The van der Waals surface area contributed by atoms with Gasteiger partial charge in [0.2, 0.25) is 0 Å². The Morgan fingerprint density at radius 3 is 2.86 bits per heavy atom. The zero-order chi connectivity index (χ0) is 19.1. The third-order valence-corrected chi connectivity index (χ3v) is 4.96. The summed E-state index contributed by atoms with van der Waals surface area (Å²) >= 11 is 0. The van der Waals surface area contributed by atoms with E-state index in [1.807, 2.05) is 19.2 Å². The number of rotatable bonds is 3. The second kappa shape index (κ2) is 6.72. The highest BCUT2D eigenvalue weighted by Crippen LogP contribution is 2.27. The van der Waals surface area contributed by atoms with E-state index in [1.165, 1.54) is 6.07 Å². The number of fused-ring (bicyclic) bond motifs is 2. The molecule has 0 amide bonds. The monoisotopic (exact) mass is 377 g/mol. The predicted octanol–water partition coefficient (Wildman–Crippen LogP) is 2.88. The number of halogens is 1. The minimum absolute atomic E-state index is 0.313. The number of anilines is 3. The molecule has 142 valence electrons. The van der Waals surface area contributed by atoms with Crippen LogP contribution >= 0.6 is 0 Å². The van der Waals surface area contributed by atoms with Crippen LogP contribution in [-0.4, -0.2) is 45.5 Å². The summed E-state index contributed by atoms with van der Waals surface area (Å²) in [6.45, 7) is 5.72. The molecule has 5 rings (SSSR count). The molecule has 0 radical (unpaired) electrons. The summed E-state index contributed by atoms with van der Waals surface area (Å²) < 4.78 is 16.0. The maximum atomic E-state index is 14.4. The fourth-order valence-electron chi connectivity index (χ4n) is 3.62. The van der Waals surface area contributed by atoms with E-state index in [2.05, 4.69) is 36.6 Å². The maximum Gasteiger partial charge on any atom is 0.173 e. The van der Waals surface area contributed by atoms with E-state index >= 15 is 0 Å². The third-order valence-electron chi connectivity index (χ3n) is 4.96. The van der Waals surface area contributed by atoms with Crippen LogP contribution < -0.4 is 15.5 Å². The van der Waals surface area contributed by atoms with Crippen molar-refractivity contribution in [2.24, 2.45) is 0 Å². The Morgan fingerprint density at radius 2 is 2.00 bits per heavy atom. The predicted molar refractivity (Wildman–Crippen MR) is 108 cm³/mol. The molecule has 8 heteroatoms. The zero-order valence-corrected chi connectivity index (χ0v) is 15.5. The highest BCUT2D eigenvalue weighted by molar-refractivity contribution is 5.91. The van der Waals surface area contributed by atoms with Gasteiger partial charge in [0.05, 0.1) is 23.3 Å². The van der Waals surface area contributed by atoms with Gasteiger partial charge in [-0.1, -0.05) is 0 Å². The lowest BCUT2D eigenvalue weighted by Crippen LogP contribution is -2.43. The first-order chi connectivity index (χ1) is 13.7. The summed E-state index contributed by atoms with van der Waals surface area (Å²) in [4.78, 5) is 15.6. The van der Waals surface area contributed by atoms with Crippen molar-refractivity contribution in [1.29, 1.82) is 0 Å². The molecule has 1 saturated heterocycles. The van der Waals surface area contributed by atoms with Gasteiger partial charge in [-0.2, -0.15) is 0 Å². The molecular formula is C20H20FN7. The summed E-state index contributed by atoms with van der Waals surface area (Å²) in [7, 11) is 0. The van der Waals surface area contributed by atoms with Crippen molar-refractivity contribution in [3.8, 4) is 0 Å². The highest BCUT2D eigenvalue weighted by Gasteiger charge is 2.13. The molecule has 0 saturated carbocycles. The van der Waals surface area contributed by atoms with Crippen molar-refractivity contribution in [3.05, 3.63) is 54.5 Å². The van der Waals surface area contributed by atoms with Gasteiger partial charge < -0.3 is 19.9 Å². The van der Waals surface area contributed by atoms with E-state index < -0.39 is 0 Å². The largest absolute Gasteiger partial charge is 0.368 e. The van der Waals surface area contributed by atoms with E-state index in [0.29, 0.717) is 17.2 Å². The number of nitrogens with zero attached hydrogens (tertiary/aromatic N) is 5. The molecule has 0 unspecified atom stereocenters. The van der Waals surface area contributed by atoms with Crippen LogP contribution in [0.25, 0.3) is 16.6 Å². The normalized spacial score (nSPS) is 14.7. The van der Waals surface area contributed by atoms with Crippen molar-refractivity contribution in [2.75, 3.05) is 36.4 Å². The van der Waals surface area contributed by atoms with Gasteiger partial charge in [0, 0.05) is 56.2 Å². The number of hydrogen-bond acceptors (Lipinski definition) is 6. The molecule has 0 aliphatic carbocycles. The number of pyridine rings is 3. The molecule has 1 aliphatic heterocycles. The van der Waals surface area contributed by atoms with Crippen LogP contribution in [0.5, 0.6) is 0 Å². The number of nitrogens with one attached hydrogen (secondary N) is 2. The lowest BCUT2D eigenvalue weighted by Gasteiger charge is -2.29. The standard InChI is InChI=1S/C20H20FN7/c1-13-11-28-12-15(9-17(21)20(28)25-13)26-19-18-14(2-3-23-19)8-16(10-24-18)27-6-4-22-5-7-27/h2-3,8-12,22H,4-7H2,1H3,(H,23,26). The fourth-order valence-corrected chi connectivity index (χ4v) is 3.62. The molecule has 0 spiro atoms. The summed E-state index contributed by atoms with van der Waals surface area (Å²) in [5.41, 5.74) is 3.53. The topological polar surface area (TPSA) is 70.4 Å². The van der Waals surface area contributed by atoms with Crippen molar-refractivity contribution in [2.45, 2.75) is 6.92 Å². The first-order valence-corrected chi connectivity index (χ1v) is 9.30. The first kappa shape index (κ1) is 16.9. The minimum atomic E-state index is -0.382. The van der Waals surface area contributed by atoms with Gasteiger partial charge in [0.1, 0.15) is 5.52 Å². The molecule has 0 bridgehead atoms. The van der Waals surface area contributed by atoms with E-state index in [0.717, 1.165) is 48.5 Å². The summed E-state index contributed by atoms with van der Waals surface area (Å²) in [6.07, 6.45) is 7.21. The summed E-state index contributed by atoms with van der Waals surface area (Å²) in [6, 6.07) is 5.50. The Balaban J connectivity index is 1.50. The molecule has 7 nitrogen and oxygen atoms in total. The molecule has 28 heavy (non-hydrogen) atoms. The van der Waals surface area contributed by atoms with Crippen molar-refractivity contribution < 1.29 is 4.39 Å². The van der Waals surface area contributed by atoms with Gasteiger partial charge in [-0.05, 0) is 19.1 Å². The van der Waals surface area contributed by atoms with Crippen molar-refractivity contribution >= 4 is 33.7 Å². The second-order valence-electron chi connectivity index (χ2n) is 6.98. The quantitative estimate of drug-likeness (QED) is 0.572. The lowest BCUT2D eigenvalue weighted by molar-refractivity contribution is 0.589. The number of piperazine rings is 1. The maximum absolute atomic E-state index is 14.4. The zero-order valence-electron chi connectivity index (χ0n) is 15.5. The summed E-state index contributed by atoms with van der Waals surface area (Å²) in [5.74, 6) is 0.215. The van der Waals surface area contributed by atoms with Gasteiger partial charge in [-0.25, -0.2) is 14.4 Å². The second-order valence-corrected chi connectivity index (χ2v) is 6.98. The molecular weight excluding hydrogens is 357 g/mol. The van der Waals surface area contributed by atoms with Crippen LogP contribution in [0.2, 0.25) is 0 Å². The molecule has 1 aliphatic rings. The minimum Gasteiger partial charge on any atom is -0.368 e. The molecule has 1 fully saturated rings. The Bertz CT molecular complexity index is 1160. The van der Waals surface area contributed by atoms with Crippen LogP contribution in [0.4, 0.5) is 21.6 Å². The average Bonchev–Trinajstić information content (AvgIpc) is 3.09.